The van der Waals surface area contributed by atoms with E-state index >= 15 is 0 Å². The fourth-order valence-corrected chi connectivity index (χ4v) is 4.19. The molecule has 1 aliphatic heterocycles. The molecule has 0 spiro atoms. The van der Waals surface area contributed by atoms with Crippen LogP contribution in [0, 0.1) is 0 Å². The normalized spacial score (nSPS) is 17.6. The van der Waals surface area contributed by atoms with Crippen LogP contribution >= 0.6 is 27.5 Å². The minimum atomic E-state index is -0.359. The lowest BCUT2D eigenvalue weighted by Gasteiger charge is -2.23. The van der Waals surface area contributed by atoms with Gasteiger partial charge in [-0.15, -0.1) is 0 Å². The van der Waals surface area contributed by atoms with Crippen LogP contribution < -0.4 is 0 Å². The Morgan fingerprint density at radius 2 is 2.35 bits per heavy atom. The number of benzene rings is 1. The monoisotopic (exact) mass is 444 g/mol. The number of esters is 1. The molecule has 26 heavy (non-hydrogen) atoms. The summed E-state index contributed by atoms with van der Waals surface area (Å²) in [6, 6.07) is 1.92. The summed E-state index contributed by atoms with van der Waals surface area (Å²) in [5.41, 5.74) is 1.89. The molecular weight excluding hydrogens is 424 g/mol. The van der Waals surface area contributed by atoms with Crippen LogP contribution in [0.25, 0.3) is 10.9 Å². The minimum Gasteiger partial charge on any atom is -0.464 e. The number of hydrogen-bond donors (Lipinski definition) is 0. The van der Waals surface area contributed by atoms with Crippen molar-refractivity contribution in [1.29, 1.82) is 0 Å². The van der Waals surface area contributed by atoms with Gasteiger partial charge < -0.3 is 14.2 Å². The maximum Gasteiger partial charge on any atom is 0.332 e. The number of fused-ring (bicyclic) bond motifs is 1. The van der Waals surface area contributed by atoms with E-state index in [0.29, 0.717) is 24.7 Å². The number of halogens is 2. The number of carbonyl (C=O) groups is 1. The molecule has 1 aliphatic rings. The van der Waals surface area contributed by atoms with Gasteiger partial charge in [-0.2, -0.15) is 5.10 Å². The molecule has 0 radical (unpaired) electrons. The lowest BCUT2D eigenvalue weighted by molar-refractivity contribution is -0.148. The van der Waals surface area contributed by atoms with Crippen molar-refractivity contribution in [3.8, 4) is 0 Å². The van der Waals surface area contributed by atoms with E-state index in [-0.39, 0.29) is 18.8 Å². The molecule has 0 N–H and O–H groups in total. The molecule has 1 aromatic carbocycles. The summed E-state index contributed by atoms with van der Waals surface area (Å²) in [5, 5.41) is 6.14. The molecule has 6 nitrogen and oxygen atoms in total. The van der Waals surface area contributed by atoms with Gasteiger partial charge in [-0.3, -0.25) is 0 Å². The van der Waals surface area contributed by atoms with Gasteiger partial charge >= 0.3 is 5.97 Å². The zero-order valence-corrected chi connectivity index (χ0v) is 17.0. The zero-order valence-electron chi connectivity index (χ0n) is 14.7. The Balaban J connectivity index is 1.72. The van der Waals surface area contributed by atoms with Gasteiger partial charge in [0, 0.05) is 21.5 Å². The topological polar surface area (TPSA) is 62.6 Å². The van der Waals surface area contributed by atoms with Crippen molar-refractivity contribution in [1.82, 2.24) is 9.78 Å². The maximum absolute atomic E-state index is 11.3. The van der Waals surface area contributed by atoms with Crippen molar-refractivity contribution in [2.24, 2.45) is 0 Å². The van der Waals surface area contributed by atoms with Crippen LogP contribution in [0.1, 0.15) is 38.0 Å². The molecule has 0 bridgehead atoms. The fraction of sp³-hybridized carbons (Fsp3) is 0.556. The van der Waals surface area contributed by atoms with Gasteiger partial charge in [0.05, 0.1) is 24.9 Å². The standard InChI is InChI=1S/C18H22BrClN2O4/c1-2-25-17(23)11-24-8-6-12-14(20)9-15-13(18(12)19)10-21-22(15)16-5-3-4-7-26-16/h9-10,16H,2-8,11H2,1H3. The Labute approximate surface area is 165 Å². The highest BCUT2D eigenvalue weighted by Gasteiger charge is 2.21. The molecule has 1 aromatic heterocycles. The van der Waals surface area contributed by atoms with Crippen molar-refractivity contribution in [2.75, 3.05) is 26.4 Å². The van der Waals surface area contributed by atoms with Crippen LogP contribution in [0.2, 0.25) is 5.02 Å². The fourth-order valence-electron chi connectivity index (χ4n) is 3.07. The van der Waals surface area contributed by atoms with Crippen LogP contribution in [0.15, 0.2) is 16.7 Å². The van der Waals surface area contributed by atoms with Crippen LogP contribution in [0.4, 0.5) is 0 Å². The molecule has 1 unspecified atom stereocenters. The predicted octanol–water partition coefficient (Wildman–Crippen LogP) is 4.27. The first-order chi connectivity index (χ1) is 12.6. The molecule has 0 aliphatic carbocycles. The molecule has 2 aromatic rings. The van der Waals surface area contributed by atoms with E-state index in [4.69, 9.17) is 25.8 Å². The van der Waals surface area contributed by atoms with Gasteiger partial charge in [0.25, 0.3) is 0 Å². The lowest BCUT2D eigenvalue weighted by Crippen LogP contribution is -2.19. The number of ether oxygens (including phenoxy) is 3. The highest BCUT2D eigenvalue weighted by atomic mass is 79.9. The molecule has 1 saturated heterocycles. The second-order valence-electron chi connectivity index (χ2n) is 6.10. The highest BCUT2D eigenvalue weighted by Crippen LogP contribution is 2.36. The van der Waals surface area contributed by atoms with E-state index < -0.39 is 0 Å². The summed E-state index contributed by atoms with van der Waals surface area (Å²) >= 11 is 10.2. The summed E-state index contributed by atoms with van der Waals surface area (Å²) in [4.78, 5) is 11.3. The number of nitrogens with zero attached hydrogens (tertiary/aromatic N) is 2. The third-order valence-corrected chi connectivity index (χ3v) is 5.58. The van der Waals surface area contributed by atoms with Crippen molar-refractivity contribution < 1.29 is 19.0 Å². The molecule has 0 amide bonds. The van der Waals surface area contributed by atoms with Crippen LogP contribution in [-0.2, 0) is 25.4 Å². The van der Waals surface area contributed by atoms with Gasteiger partial charge in [0.15, 0.2) is 6.23 Å². The van der Waals surface area contributed by atoms with Crippen molar-refractivity contribution >= 4 is 44.4 Å². The average Bonchev–Trinajstić information content (AvgIpc) is 3.05. The third-order valence-electron chi connectivity index (χ3n) is 4.34. The Kier molecular flexibility index (Phi) is 6.92. The van der Waals surface area contributed by atoms with E-state index in [2.05, 4.69) is 21.0 Å². The number of hydrogen-bond acceptors (Lipinski definition) is 5. The van der Waals surface area contributed by atoms with E-state index in [1.165, 1.54) is 0 Å². The molecule has 3 rings (SSSR count). The Morgan fingerprint density at radius 1 is 1.50 bits per heavy atom. The van der Waals surface area contributed by atoms with Crippen molar-refractivity contribution in [3.05, 3.63) is 27.3 Å². The van der Waals surface area contributed by atoms with E-state index in [9.17, 15) is 4.79 Å². The molecule has 1 atom stereocenters. The average molecular weight is 446 g/mol. The summed E-state index contributed by atoms with van der Waals surface area (Å²) < 4.78 is 18.9. The predicted molar refractivity (Wildman–Crippen MR) is 102 cm³/mol. The van der Waals surface area contributed by atoms with E-state index in [0.717, 1.165) is 46.8 Å². The maximum atomic E-state index is 11.3. The first-order valence-electron chi connectivity index (χ1n) is 8.81. The van der Waals surface area contributed by atoms with Crippen LogP contribution in [-0.4, -0.2) is 42.2 Å². The Bertz CT molecular complexity index is 774. The van der Waals surface area contributed by atoms with Crippen molar-refractivity contribution in [2.45, 2.75) is 38.8 Å². The summed E-state index contributed by atoms with van der Waals surface area (Å²) in [7, 11) is 0. The Hall–Kier alpha value is -1.15. The minimum absolute atomic E-state index is 0.0389. The van der Waals surface area contributed by atoms with Gasteiger partial charge in [-0.1, -0.05) is 11.6 Å². The van der Waals surface area contributed by atoms with E-state index in [1.807, 2.05) is 16.9 Å². The van der Waals surface area contributed by atoms with Gasteiger partial charge in [-0.05, 0) is 60.2 Å². The van der Waals surface area contributed by atoms with Gasteiger partial charge in [-0.25, -0.2) is 9.48 Å². The molecular formula is C18H22BrClN2O4. The second-order valence-corrected chi connectivity index (χ2v) is 7.30. The molecule has 0 saturated carbocycles. The third kappa shape index (κ3) is 4.39. The number of rotatable bonds is 7. The molecule has 142 valence electrons. The summed E-state index contributed by atoms with van der Waals surface area (Å²) in [6.45, 7) is 3.20. The number of carbonyl (C=O) groups excluding carboxylic acids is 1. The second kappa shape index (κ2) is 9.17. The molecule has 8 heteroatoms. The SMILES string of the molecule is CCOC(=O)COCCc1c(Cl)cc2c(cnn2C2CCCCO2)c1Br. The van der Waals surface area contributed by atoms with Gasteiger partial charge in [0.1, 0.15) is 6.61 Å². The summed E-state index contributed by atoms with van der Waals surface area (Å²) in [5.74, 6) is -0.359. The Morgan fingerprint density at radius 3 is 3.08 bits per heavy atom. The smallest absolute Gasteiger partial charge is 0.332 e. The lowest BCUT2D eigenvalue weighted by atomic mass is 10.1. The quantitative estimate of drug-likeness (QED) is 0.470. The number of aromatic nitrogens is 2. The first kappa shape index (κ1) is 19.6. The first-order valence-corrected chi connectivity index (χ1v) is 9.98. The summed E-state index contributed by atoms with van der Waals surface area (Å²) in [6.07, 6.45) is 5.56. The van der Waals surface area contributed by atoms with Crippen LogP contribution in [0.5, 0.6) is 0 Å². The molecule has 2 heterocycles. The van der Waals surface area contributed by atoms with Crippen LogP contribution in [0.3, 0.4) is 0 Å². The van der Waals surface area contributed by atoms with Crippen molar-refractivity contribution in [3.63, 3.8) is 0 Å². The zero-order chi connectivity index (χ0) is 18.5. The largest absolute Gasteiger partial charge is 0.464 e. The molecule has 1 fully saturated rings. The van der Waals surface area contributed by atoms with E-state index in [1.54, 1.807) is 6.92 Å². The highest BCUT2D eigenvalue weighted by molar-refractivity contribution is 9.10. The van der Waals surface area contributed by atoms with Gasteiger partial charge in [0.2, 0.25) is 0 Å².